The molecule has 5 nitrogen and oxygen atoms in total. The molecular weight excluding hydrogens is 254 g/mol. The maximum Gasteiger partial charge on any atom is 0.228 e. The zero-order valence-corrected chi connectivity index (χ0v) is 12.3. The van der Waals surface area contributed by atoms with Crippen LogP contribution in [-0.4, -0.2) is 22.3 Å². The summed E-state index contributed by atoms with van der Waals surface area (Å²) in [6.07, 6.45) is 8.95. The molecule has 112 valence electrons. The number of ether oxygens (including phenoxy) is 1. The number of hydrogen-bond donors (Lipinski definition) is 1. The first-order valence-corrected chi connectivity index (χ1v) is 7.93. The molecule has 0 bridgehead atoms. The maximum absolute atomic E-state index is 6.45. The summed E-state index contributed by atoms with van der Waals surface area (Å²) in [7, 11) is 0. The van der Waals surface area contributed by atoms with Gasteiger partial charge in [0, 0.05) is 18.6 Å². The van der Waals surface area contributed by atoms with Crippen molar-refractivity contribution < 1.29 is 9.26 Å². The smallest absolute Gasteiger partial charge is 0.228 e. The average molecular weight is 279 g/mol. The minimum atomic E-state index is -0.150. The van der Waals surface area contributed by atoms with E-state index in [0.29, 0.717) is 30.7 Å². The van der Waals surface area contributed by atoms with E-state index >= 15 is 0 Å². The summed E-state index contributed by atoms with van der Waals surface area (Å²) in [5.41, 5.74) is 6.30. The Morgan fingerprint density at radius 1 is 1.35 bits per heavy atom. The summed E-state index contributed by atoms with van der Waals surface area (Å²) in [5.74, 6) is 1.96. The molecule has 1 unspecified atom stereocenters. The van der Waals surface area contributed by atoms with E-state index in [1.54, 1.807) is 0 Å². The van der Waals surface area contributed by atoms with Crippen LogP contribution in [0.2, 0.25) is 0 Å². The predicted octanol–water partition coefficient (Wildman–Crippen LogP) is 2.76. The molecule has 0 saturated heterocycles. The second-order valence-electron chi connectivity index (χ2n) is 6.36. The summed E-state index contributed by atoms with van der Waals surface area (Å²) < 4.78 is 11.2. The summed E-state index contributed by atoms with van der Waals surface area (Å²) in [4.78, 5) is 4.55. The third-order valence-corrected chi connectivity index (χ3v) is 4.49. The second-order valence-corrected chi connectivity index (χ2v) is 6.36. The van der Waals surface area contributed by atoms with Gasteiger partial charge in [0.25, 0.3) is 0 Å². The second kappa shape index (κ2) is 5.82. The van der Waals surface area contributed by atoms with Crippen LogP contribution in [0.5, 0.6) is 0 Å². The Morgan fingerprint density at radius 3 is 2.75 bits per heavy atom. The highest BCUT2D eigenvalue weighted by Crippen LogP contribution is 2.42. The van der Waals surface area contributed by atoms with E-state index in [1.165, 1.54) is 32.1 Å². The molecule has 1 atom stereocenters. The molecular formula is C15H25N3O2. The summed E-state index contributed by atoms with van der Waals surface area (Å²) in [6, 6.07) is 0. The van der Waals surface area contributed by atoms with Crippen molar-refractivity contribution in [3.05, 3.63) is 11.7 Å². The molecule has 20 heavy (non-hydrogen) atoms. The van der Waals surface area contributed by atoms with Gasteiger partial charge in [-0.1, -0.05) is 24.4 Å². The fourth-order valence-corrected chi connectivity index (χ4v) is 3.19. The lowest BCUT2D eigenvalue weighted by molar-refractivity contribution is 0.0384. The molecule has 0 aromatic carbocycles. The fraction of sp³-hybridized carbons (Fsp3) is 0.867. The standard InChI is InChI=1S/C15H25N3O2/c1-2-19-13(11-6-7-11)14-17-12(20-18-14)10-15(16)8-4-3-5-9-15/h11,13H,2-10,16H2,1H3. The van der Waals surface area contributed by atoms with Crippen molar-refractivity contribution in [3.63, 3.8) is 0 Å². The average Bonchev–Trinajstić information content (AvgIpc) is 3.17. The number of aromatic nitrogens is 2. The Kier molecular flexibility index (Phi) is 4.08. The molecule has 1 aromatic heterocycles. The van der Waals surface area contributed by atoms with Crippen LogP contribution in [0.25, 0.3) is 0 Å². The van der Waals surface area contributed by atoms with E-state index in [9.17, 15) is 0 Å². The van der Waals surface area contributed by atoms with Crippen LogP contribution in [-0.2, 0) is 11.2 Å². The minimum Gasteiger partial charge on any atom is -0.370 e. The lowest BCUT2D eigenvalue weighted by Crippen LogP contribution is -2.43. The molecule has 1 aromatic rings. The third kappa shape index (κ3) is 3.20. The van der Waals surface area contributed by atoms with Gasteiger partial charge in [-0.3, -0.25) is 0 Å². The first-order chi connectivity index (χ1) is 9.70. The predicted molar refractivity (Wildman–Crippen MR) is 75.1 cm³/mol. The van der Waals surface area contributed by atoms with Gasteiger partial charge in [0.1, 0.15) is 6.10 Å². The number of hydrogen-bond acceptors (Lipinski definition) is 5. The van der Waals surface area contributed by atoms with Crippen LogP contribution in [0, 0.1) is 5.92 Å². The highest BCUT2D eigenvalue weighted by molar-refractivity contribution is 5.02. The largest absolute Gasteiger partial charge is 0.370 e. The van der Waals surface area contributed by atoms with E-state index in [-0.39, 0.29) is 11.6 Å². The van der Waals surface area contributed by atoms with Gasteiger partial charge in [0.05, 0.1) is 0 Å². The van der Waals surface area contributed by atoms with Crippen molar-refractivity contribution in [1.29, 1.82) is 0 Å². The fourth-order valence-electron chi connectivity index (χ4n) is 3.19. The van der Waals surface area contributed by atoms with E-state index in [4.69, 9.17) is 15.0 Å². The van der Waals surface area contributed by atoms with Crippen molar-refractivity contribution >= 4 is 0 Å². The van der Waals surface area contributed by atoms with Gasteiger partial charge in [-0.15, -0.1) is 0 Å². The van der Waals surface area contributed by atoms with Gasteiger partial charge >= 0.3 is 0 Å². The molecule has 0 spiro atoms. The zero-order chi connectivity index (χ0) is 14.0. The highest BCUT2D eigenvalue weighted by atomic mass is 16.5. The van der Waals surface area contributed by atoms with E-state index in [1.807, 2.05) is 6.92 Å². The van der Waals surface area contributed by atoms with E-state index in [0.717, 1.165) is 12.8 Å². The normalized spacial score (nSPS) is 23.7. The van der Waals surface area contributed by atoms with Crippen LogP contribution in [0.1, 0.15) is 69.7 Å². The van der Waals surface area contributed by atoms with Crippen molar-refractivity contribution in [2.75, 3.05) is 6.61 Å². The third-order valence-electron chi connectivity index (χ3n) is 4.49. The Hall–Kier alpha value is -0.940. The lowest BCUT2D eigenvalue weighted by Gasteiger charge is -2.31. The quantitative estimate of drug-likeness (QED) is 0.866. The van der Waals surface area contributed by atoms with Crippen molar-refractivity contribution in [3.8, 4) is 0 Å². The van der Waals surface area contributed by atoms with Gasteiger partial charge in [-0.2, -0.15) is 4.98 Å². The van der Waals surface area contributed by atoms with Crippen molar-refractivity contribution in [2.45, 2.75) is 69.9 Å². The molecule has 5 heteroatoms. The number of rotatable bonds is 6. The maximum atomic E-state index is 6.45. The Labute approximate surface area is 120 Å². The van der Waals surface area contributed by atoms with Crippen LogP contribution in [0.4, 0.5) is 0 Å². The molecule has 1 heterocycles. The summed E-state index contributed by atoms with van der Waals surface area (Å²) in [6.45, 7) is 2.69. The molecule has 2 aliphatic carbocycles. The summed E-state index contributed by atoms with van der Waals surface area (Å²) >= 11 is 0. The van der Waals surface area contributed by atoms with Gasteiger partial charge < -0.3 is 15.0 Å². The van der Waals surface area contributed by atoms with Gasteiger partial charge in [-0.25, -0.2) is 0 Å². The van der Waals surface area contributed by atoms with Crippen molar-refractivity contribution in [1.82, 2.24) is 10.1 Å². The highest BCUT2D eigenvalue weighted by Gasteiger charge is 2.37. The van der Waals surface area contributed by atoms with Gasteiger partial charge in [0.2, 0.25) is 11.7 Å². The SMILES string of the molecule is CCOC(c1noc(CC2(N)CCCCC2)n1)C1CC1. The zero-order valence-electron chi connectivity index (χ0n) is 12.3. The molecule has 2 N–H and O–H groups in total. The number of nitrogens with two attached hydrogens (primary N) is 1. The first-order valence-electron chi connectivity index (χ1n) is 7.93. The topological polar surface area (TPSA) is 74.2 Å². The Bertz CT molecular complexity index is 436. The van der Waals surface area contributed by atoms with Crippen LogP contribution in [0.3, 0.4) is 0 Å². The van der Waals surface area contributed by atoms with E-state index < -0.39 is 0 Å². The molecule has 0 aliphatic heterocycles. The van der Waals surface area contributed by atoms with E-state index in [2.05, 4.69) is 10.1 Å². The number of nitrogens with zero attached hydrogens (tertiary/aromatic N) is 2. The molecule has 0 radical (unpaired) electrons. The molecule has 3 rings (SSSR count). The summed E-state index contributed by atoms with van der Waals surface area (Å²) in [5, 5.41) is 4.13. The van der Waals surface area contributed by atoms with Crippen LogP contribution in [0.15, 0.2) is 4.52 Å². The lowest BCUT2D eigenvalue weighted by atomic mass is 9.80. The first kappa shape index (κ1) is 14.0. The van der Waals surface area contributed by atoms with Gasteiger partial charge in [0.15, 0.2) is 0 Å². The minimum absolute atomic E-state index is 0.0116. The Morgan fingerprint density at radius 2 is 2.10 bits per heavy atom. The van der Waals surface area contributed by atoms with Gasteiger partial charge in [-0.05, 0) is 38.5 Å². The Balaban J connectivity index is 1.66. The van der Waals surface area contributed by atoms with Crippen LogP contribution < -0.4 is 5.73 Å². The molecule has 2 aliphatic rings. The molecule has 2 fully saturated rings. The molecule has 0 amide bonds. The molecule has 2 saturated carbocycles. The van der Waals surface area contributed by atoms with Crippen LogP contribution >= 0.6 is 0 Å². The van der Waals surface area contributed by atoms with Crippen molar-refractivity contribution in [2.24, 2.45) is 11.7 Å². The monoisotopic (exact) mass is 279 g/mol.